The van der Waals surface area contributed by atoms with E-state index >= 15 is 0 Å². The molecule has 0 rings (SSSR count). The number of hydrogen-bond donors (Lipinski definition) is 3. The van der Waals surface area contributed by atoms with Crippen molar-refractivity contribution < 1.29 is 19.1 Å². The first-order valence-electron chi connectivity index (χ1n) is 6.63. The van der Waals surface area contributed by atoms with Crippen molar-refractivity contribution in [3.8, 4) is 0 Å². The van der Waals surface area contributed by atoms with E-state index in [1.165, 1.54) is 7.11 Å². The minimum atomic E-state index is -0.773. The number of carbonyl (C=O) groups excluding carboxylic acids is 3. The normalized spacial score (nSPS) is 13.8. The van der Waals surface area contributed by atoms with Crippen LogP contribution in [0.3, 0.4) is 0 Å². The highest BCUT2D eigenvalue weighted by Gasteiger charge is 2.29. The Labute approximate surface area is 119 Å². The van der Waals surface area contributed by atoms with Gasteiger partial charge in [0.25, 0.3) is 0 Å². The third-order valence-corrected chi connectivity index (χ3v) is 2.76. The average molecular weight is 287 g/mol. The molecule has 0 saturated carbocycles. The molecule has 0 heterocycles. The second kappa shape index (κ2) is 8.39. The van der Waals surface area contributed by atoms with Crippen LogP contribution in [0.2, 0.25) is 0 Å². The van der Waals surface area contributed by atoms with Crippen LogP contribution in [0.1, 0.15) is 34.1 Å². The first-order chi connectivity index (χ1) is 9.18. The molecule has 4 N–H and O–H groups in total. The summed E-state index contributed by atoms with van der Waals surface area (Å²) >= 11 is 0. The lowest BCUT2D eigenvalue weighted by Crippen LogP contribution is -2.54. The van der Waals surface area contributed by atoms with E-state index in [9.17, 15) is 14.4 Å². The number of ether oxygens (including phenoxy) is 1. The van der Waals surface area contributed by atoms with Gasteiger partial charge in [-0.2, -0.15) is 0 Å². The van der Waals surface area contributed by atoms with Gasteiger partial charge in [-0.05, 0) is 18.3 Å². The van der Waals surface area contributed by atoms with E-state index in [0.29, 0.717) is 6.42 Å². The fraction of sp³-hybridized carbons (Fsp3) is 0.769. The zero-order chi connectivity index (χ0) is 15.9. The molecule has 3 amide bonds. The summed E-state index contributed by atoms with van der Waals surface area (Å²) in [6.45, 7) is 7.42. The lowest BCUT2D eigenvalue weighted by atomic mass is 10.0. The molecule has 0 aromatic rings. The summed E-state index contributed by atoms with van der Waals surface area (Å²) in [6.07, 6.45) is 0.431. The maximum Gasteiger partial charge on any atom is 0.328 e. The summed E-state index contributed by atoms with van der Waals surface area (Å²) in [5.41, 5.74) is 5.06. The Morgan fingerprint density at radius 3 is 2.00 bits per heavy atom. The molecular weight excluding hydrogens is 262 g/mol. The van der Waals surface area contributed by atoms with Gasteiger partial charge < -0.3 is 21.1 Å². The van der Waals surface area contributed by atoms with Gasteiger partial charge in [-0.25, -0.2) is 9.59 Å². The van der Waals surface area contributed by atoms with E-state index < -0.39 is 30.0 Å². The van der Waals surface area contributed by atoms with Gasteiger partial charge in [-0.15, -0.1) is 0 Å². The Kier molecular flexibility index (Phi) is 7.64. The maximum absolute atomic E-state index is 12.2. The Morgan fingerprint density at radius 2 is 1.65 bits per heavy atom. The summed E-state index contributed by atoms with van der Waals surface area (Å²) in [6, 6.07) is -2.29. The van der Waals surface area contributed by atoms with Crippen LogP contribution in [-0.2, 0) is 14.3 Å². The summed E-state index contributed by atoms with van der Waals surface area (Å²) in [4.78, 5) is 34.7. The summed E-state index contributed by atoms with van der Waals surface area (Å²) in [5, 5.41) is 4.98. The number of urea groups is 1. The molecule has 20 heavy (non-hydrogen) atoms. The molecule has 0 bridgehead atoms. The van der Waals surface area contributed by atoms with Crippen molar-refractivity contribution in [1.29, 1.82) is 0 Å². The molecule has 0 aliphatic heterocycles. The van der Waals surface area contributed by atoms with Crippen LogP contribution in [0.4, 0.5) is 4.79 Å². The van der Waals surface area contributed by atoms with Gasteiger partial charge in [0.05, 0.1) is 7.11 Å². The third-order valence-electron chi connectivity index (χ3n) is 2.76. The molecule has 2 unspecified atom stereocenters. The second-order valence-corrected chi connectivity index (χ2v) is 5.44. The largest absolute Gasteiger partial charge is 0.467 e. The molecular formula is C13H25N3O4. The Balaban J connectivity index is 4.86. The van der Waals surface area contributed by atoms with Crippen molar-refractivity contribution in [2.75, 3.05) is 7.11 Å². The maximum atomic E-state index is 12.2. The number of carbonyl (C=O) groups is 3. The lowest BCUT2D eigenvalue weighted by Gasteiger charge is -2.24. The molecule has 0 aliphatic carbocycles. The number of methoxy groups -OCH3 is 1. The Bertz CT molecular complexity index is 356. The number of hydrogen-bond acceptors (Lipinski definition) is 4. The van der Waals surface area contributed by atoms with Gasteiger partial charge in [-0.1, -0.05) is 27.7 Å². The highest BCUT2D eigenvalue weighted by Crippen LogP contribution is 2.08. The molecule has 0 fully saturated rings. The molecule has 7 nitrogen and oxygen atoms in total. The molecule has 0 radical (unpaired) electrons. The van der Waals surface area contributed by atoms with E-state index in [1.54, 1.807) is 13.8 Å². The smallest absolute Gasteiger partial charge is 0.328 e. The lowest BCUT2D eigenvalue weighted by molar-refractivity contribution is -0.146. The van der Waals surface area contributed by atoms with Gasteiger partial charge in [0.1, 0.15) is 12.1 Å². The van der Waals surface area contributed by atoms with Gasteiger partial charge in [0.15, 0.2) is 0 Å². The van der Waals surface area contributed by atoms with E-state index in [2.05, 4.69) is 15.4 Å². The topological polar surface area (TPSA) is 111 Å². The van der Waals surface area contributed by atoms with Gasteiger partial charge in [0, 0.05) is 0 Å². The number of rotatable bonds is 7. The summed E-state index contributed by atoms with van der Waals surface area (Å²) < 4.78 is 4.65. The monoisotopic (exact) mass is 287 g/mol. The molecule has 2 atom stereocenters. The number of nitrogens with one attached hydrogen (secondary N) is 2. The zero-order valence-electron chi connectivity index (χ0n) is 12.7. The van der Waals surface area contributed by atoms with Crippen LogP contribution in [0.5, 0.6) is 0 Å². The molecule has 0 aromatic carbocycles. The third kappa shape index (κ3) is 6.40. The van der Waals surface area contributed by atoms with Gasteiger partial charge in [-0.3, -0.25) is 4.79 Å². The molecule has 0 aliphatic rings. The molecule has 0 saturated heterocycles. The minimum absolute atomic E-state index is 0.125. The van der Waals surface area contributed by atoms with Crippen LogP contribution < -0.4 is 16.4 Å². The SMILES string of the molecule is COC(=O)C(NC(=O)C(CC(C)C)NC(N)=O)C(C)C. The average Bonchev–Trinajstić information content (AvgIpc) is 2.32. The fourth-order valence-electron chi connectivity index (χ4n) is 1.75. The molecule has 0 spiro atoms. The van der Waals surface area contributed by atoms with E-state index in [1.807, 2.05) is 13.8 Å². The van der Waals surface area contributed by atoms with Crippen LogP contribution >= 0.6 is 0 Å². The van der Waals surface area contributed by atoms with Crippen molar-refractivity contribution in [3.63, 3.8) is 0 Å². The van der Waals surface area contributed by atoms with Crippen molar-refractivity contribution in [3.05, 3.63) is 0 Å². The van der Waals surface area contributed by atoms with Crippen LogP contribution in [0, 0.1) is 11.8 Å². The fourth-order valence-corrected chi connectivity index (χ4v) is 1.75. The first kappa shape index (κ1) is 18.2. The predicted molar refractivity (Wildman–Crippen MR) is 74.7 cm³/mol. The predicted octanol–water partition coefficient (Wildman–Crippen LogP) is 0.383. The molecule has 116 valence electrons. The number of primary amides is 1. The van der Waals surface area contributed by atoms with Crippen molar-refractivity contribution in [1.82, 2.24) is 10.6 Å². The summed E-state index contributed by atoms with van der Waals surface area (Å²) in [5.74, 6) is -0.898. The summed E-state index contributed by atoms with van der Waals surface area (Å²) in [7, 11) is 1.26. The number of esters is 1. The molecule has 7 heteroatoms. The Morgan fingerprint density at radius 1 is 1.10 bits per heavy atom. The van der Waals surface area contributed by atoms with Crippen LogP contribution in [0.25, 0.3) is 0 Å². The van der Waals surface area contributed by atoms with E-state index in [0.717, 1.165) is 0 Å². The number of nitrogens with two attached hydrogens (primary N) is 1. The first-order valence-corrected chi connectivity index (χ1v) is 6.63. The minimum Gasteiger partial charge on any atom is -0.467 e. The standard InChI is InChI=1S/C13H25N3O4/c1-7(2)6-9(15-13(14)19)11(17)16-10(8(3)4)12(18)20-5/h7-10H,6H2,1-5H3,(H,16,17)(H3,14,15,19). The van der Waals surface area contributed by atoms with Crippen LogP contribution in [0.15, 0.2) is 0 Å². The van der Waals surface area contributed by atoms with Crippen molar-refractivity contribution >= 4 is 17.9 Å². The Hall–Kier alpha value is -1.79. The van der Waals surface area contributed by atoms with Gasteiger partial charge in [0.2, 0.25) is 5.91 Å². The van der Waals surface area contributed by atoms with Crippen LogP contribution in [-0.4, -0.2) is 37.1 Å². The van der Waals surface area contributed by atoms with Crippen molar-refractivity contribution in [2.45, 2.75) is 46.2 Å². The van der Waals surface area contributed by atoms with E-state index in [4.69, 9.17) is 5.73 Å². The van der Waals surface area contributed by atoms with Crippen molar-refractivity contribution in [2.24, 2.45) is 17.6 Å². The zero-order valence-corrected chi connectivity index (χ0v) is 12.7. The van der Waals surface area contributed by atoms with E-state index in [-0.39, 0.29) is 11.8 Å². The van der Waals surface area contributed by atoms with Gasteiger partial charge >= 0.3 is 12.0 Å². The number of amides is 3. The molecule has 0 aromatic heterocycles. The highest BCUT2D eigenvalue weighted by atomic mass is 16.5. The second-order valence-electron chi connectivity index (χ2n) is 5.44. The highest BCUT2D eigenvalue weighted by molar-refractivity contribution is 5.90. The quantitative estimate of drug-likeness (QED) is 0.588.